The first kappa shape index (κ1) is 15.6. The van der Waals surface area contributed by atoms with Crippen molar-refractivity contribution in [2.24, 2.45) is 5.92 Å². The van der Waals surface area contributed by atoms with Crippen LogP contribution in [0.15, 0.2) is 54.6 Å². The zero-order valence-electron chi connectivity index (χ0n) is 13.5. The molecule has 0 spiro atoms. The van der Waals surface area contributed by atoms with E-state index in [1.54, 1.807) is 0 Å². The monoisotopic (exact) mass is 281 g/mol. The summed E-state index contributed by atoms with van der Waals surface area (Å²) in [6.07, 6.45) is 3.50. The predicted molar refractivity (Wildman–Crippen MR) is 92.7 cm³/mol. The van der Waals surface area contributed by atoms with Gasteiger partial charge in [0.05, 0.1) is 6.04 Å². The lowest BCUT2D eigenvalue weighted by molar-refractivity contribution is 0.531. The maximum Gasteiger partial charge on any atom is 0.0516 e. The lowest BCUT2D eigenvalue weighted by Gasteiger charge is -2.22. The fourth-order valence-corrected chi connectivity index (χ4v) is 2.69. The molecule has 112 valence electrons. The van der Waals surface area contributed by atoms with E-state index >= 15 is 0 Å². The molecule has 21 heavy (non-hydrogen) atoms. The fraction of sp³-hybridized carbons (Fsp3) is 0.400. The van der Waals surface area contributed by atoms with Crippen molar-refractivity contribution >= 4 is 5.69 Å². The van der Waals surface area contributed by atoms with Gasteiger partial charge in [-0.15, -0.1) is 0 Å². The number of anilines is 1. The highest BCUT2D eigenvalue weighted by molar-refractivity contribution is 5.47. The number of hydrogen-bond donors (Lipinski definition) is 1. The third-order valence-corrected chi connectivity index (χ3v) is 3.74. The van der Waals surface area contributed by atoms with Crippen LogP contribution in [0.4, 0.5) is 5.69 Å². The average molecular weight is 281 g/mol. The zero-order chi connectivity index (χ0) is 15.1. The Morgan fingerprint density at radius 1 is 0.905 bits per heavy atom. The second-order valence-corrected chi connectivity index (χ2v) is 6.18. The first-order chi connectivity index (χ1) is 10.2. The molecule has 0 aromatic heterocycles. The van der Waals surface area contributed by atoms with Crippen molar-refractivity contribution in [3.63, 3.8) is 0 Å². The fourth-order valence-electron chi connectivity index (χ4n) is 2.69. The summed E-state index contributed by atoms with van der Waals surface area (Å²) in [5.41, 5.74) is 4.00. The number of rotatable bonds is 7. The minimum atomic E-state index is 0.378. The van der Waals surface area contributed by atoms with Crippen molar-refractivity contribution in [2.45, 2.75) is 46.1 Å². The highest BCUT2D eigenvalue weighted by atomic mass is 14.9. The summed E-state index contributed by atoms with van der Waals surface area (Å²) in [5, 5.41) is 3.70. The summed E-state index contributed by atoms with van der Waals surface area (Å²) < 4.78 is 0. The van der Waals surface area contributed by atoms with Gasteiger partial charge in [0.15, 0.2) is 0 Å². The molecule has 0 saturated carbocycles. The molecule has 0 heterocycles. The van der Waals surface area contributed by atoms with Crippen molar-refractivity contribution in [1.82, 2.24) is 0 Å². The number of benzene rings is 2. The minimum absolute atomic E-state index is 0.378. The van der Waals surface area contributed by atoms with Gasteiger partial charge in [-0.25, -0.2) is 0 Å². The van der Waals surface area contributed by atoms with Crippen LogP contribution < -0.4 is 5.32 Å². The third kappa shape index (κ3) is 4.93. The Morgan fingerprint density at radius 3 is 2.14 bits per heavy atom. The topological polar surface area (TPSA) is 12.0 Å². The molecule has 1 N–H and O–H groups in total. The Morgan fingerprint density at radius 2 is 1.57 bits per heavy atom. The van der Waals surface area contributed by atoms with E-state index in [1.165, 1.54) is 23.2 Å². The van der Waals surface area contributed by atoms with Crippen LogP contribution in [-0.2, 0) is 6.42 Å². The van der Waals surface area contributed by atoms with Crippen molar-refractivity contribution in [3.05, 3.63) is 65.7 Å². The molecule has 0 saturated heterocycles. The molecular formula is C20H27N. The van der Waals surface area contributed by atoms with Crippen molar-refractivity contribution in [1.29, 1.82) is 0 Å². The van der Waals surface area contributed by atoms with Gasteiger partial charge in [-0.3, -0.25) is 0 Å². The number of aryl methyl sites for hydroxylation is 1. The van der Waals surface area contributed by atoms with Crippen molar-refractivity contribution < 1.29 is 0 Å². The summed E-state index contributed by atoms with van der Waals surface area (Å²) in [6, 6.07) is 20.0. The summed E-state index contributed by atoms with van der Waals surface area (Å²) in [4.78, 5) is 0. The van der Waals surface area contributed by atoms with E-state index in [1.807, 2.05) is 0 Å². The zero-order valence-corrected chi connectivity index (χ0v) is 13.5. The van der Waals surface area contributed by atoms with Gasteiger partial charge < -0.3 is 5.32 Å². The van der Waals surface area contributed by atoms with Crippen LogP contribution in [-0.4, -0.2) is 0 Å². The van der Waals surface area contributed by atoms with Gasteiger partial charge in [-0.2, -0.15) is 0 Å². The second kappa shape index (κ2) is 7.87. The van der Waals surface area contributed by atoms with Crippen LogP contribution in [0.25, 0.3) is 0 Å². The molecule has 2 aromatic rings. The molecule has 1 unspecified atom stereocenters. The molecule has 0 bridgehead atoms. The van der Waals surface area contributed by atoms with Gasteiger partial charge in [0.1, 0.15) is 0 Å². The molecule has 0 radical (unpaired) electrons. The van der Waals surface area contributed by atoms with Gasteiger partial charge in [0.2, 0.25) is 0 Å². The highest BCUT2D eigenvalue weighted by Crippen LogP contribution is 2.26. The molecule has 1 heteroatoms. The van der Waals surface area contributed by atoms with E-state index in [9.17, 15) is 0 Å². The second-order valence-electron chi connectivity index (χ2n) is 6.18. The summed E-state index contributed by atoms with van der Waals surface area (Å²) in [6.45, 7) is 6.78. The summed E-state index contributed by atoms with van der Waals surface area (Å²) >= 11 is 0. The standard InChI is InChI=1S/C20H27N/c1-4-8-17-11-13-19(14-12-17)21-20(15-16(2)3)18-9-6-5-7-10-18/h5-7,9-14,16,20-21H,4,8,15H2,1-3H3. The molecule has 0 aliphatic carbocycles. The molecule has 2 aromatic carbocycles. The van der Waals surface area contributed by atoms with Crippen molar-refractivity contribution in [3.8, 4) is 0 Å². The van der Waals surface area contributed by atoms with Crippen LogP contribution in [0.1, 0.15) is 50.8 Å². The quantitative estimate of drug-likeness (QED) is 0.672. The normalized spacial score (nSPS) is 12.4. The largest absolute Gasteiger partial charge is 0.378 e. The first-order valence-corrected chi connectivity index (χ1v) is 8.09. The van der Waals surface area contributed by atoms with Crippen LogP contribution >= 0.6 is 0 Å². The molecule has 0 fully saturated rings. The average Bonchev–Trinajstić information content (AvgIpc) is 2.49. The highest BCUT2D eigenvalue weighted by Gasteiger charge is 2.12. The van der Waals surface area contributed by atoms with Crippen LogP contribution in [0.2, 0.25) is 0 Å². The molecular weight excluding hydrogens is 254 g/mol. The molecule has 1 nitrogen and oxygen atoms in total. The van der Waals surface area contributed by atoms with E-state index < -0.39 is 0 Å². The van der Waals surface area contributed by atoms with Crippen molar-refractivity contribution in [2.75, 3.05) is 5.32 Å². The number of nitrogens with one attached hydrogen (secondary N) is 1. The van der Waals surface area contributed by atoms with Crippen LogP contribution in [0.3, 0.4) is 0 Å². The van der Waals surface area contributed by atoms with E-state index in [0.717, 1.165) is 12.8 Å². The van der Waals surface area contributed by atoms with Crippen LogP contribution in [0, 0.1) is 5.92 Å². The van der Waals surface area contributed by atoms with E-state index in [2.05, 4.69) is 80.7 Å². The van der Waals surface area contributed by atoms with Crippen LogP contribution in [0.5, 0.6) is 0 Å². The number of hydrogen-bond acceptors (Lipinski definition) is 1. The lowest BCUT2D eigenvalue weighted by atomic mass is 9.96. The molecule has 2 rings (SSSR count). The Labute approximate surface area is 129 Å². The summed E-state index contributed by atoms with van der Waals surface area (Å²) in [7, 11) is 0. The SMILES string of the molecule is CCCc1ccc(NC(CC(C)C)c2ccccc2)cc1. The maximum absolute atomic E-state index is 3.70. The molecule has 1 atom stereocenters. The third-order valence-electron chi connectivity index (χ3n) is 3.74. The van der Waals surface area contributed by atoms with Gasteiger partial charge >= 0.3 is 0 Å². The van der Waals surface area contributed by atoms with E-state index in [0.29, 0.717) is 12.0 Å². The smallest absolute Gasteiger partial charge is 0.0516 e. The first-order valence-electron chi connectivity index (χ1n) is 8.09. The lowest BCUT2D eigenvalue weighted by Crippen LogP contribution is -2.13. The Kier molecular flexibility index (Phi) is 5.86. The van der Waals surface area contributed by atoms with E-state index in [4.69, 9.17) is 0 Å². The molecule has 0 amide bonds. The Hall–Kier alpha value is -1.76. The van der Waals surface area contributed by atoms with Gasteiger partial charge in [-0.05, 0) is 42.0 Å². The molecule has 0 aliphatic rings. The maximum atomic E-state index is 3.70. The molecule has 0 aliphatic heterocycles. The predicted octanol–water partition coefficient (Wildman–Crippen LogP) is 5.84. The minimum Gasteiger partial charge on any atom is -0.378 e. The van der Waals surface area contributed by atoms with Gasteiger partial charge in [-0.1, -0.05) is 69.7 Å². The van der Waals surface area contributed by atoms with Gasteiger partial charge in [0.25, 0.3) is 0 Å². The van der Waals surface area contributed by atoms with E-state index in [-0.39, 0.29) is 0 Å². The summed E-state index contributed by atoms with van der Waals surface area (Å²) in [5.74, 6) is 0.669. The Bertz CT molecular complexity index is 513. The Balaban J connectivity index is 2.11. The van der Waals surface area contributed by atoms with Gasteiger partial charge in [0, 0.05) is 5.69 Å².